The Bertz CT molecular complexity index is 902. The van der Waals surface area contributed by atoms with Gasteiger partial charge in [0.25, 0.3) is 0 Å². The van der Waals surface area contributed by atoms with E-state index in [4.69, 9.17) is 10.2 Å². The lowest BCUT2D eigenvalue weighted by Crippen LogP contribution is -2.17. The highest BCUT2D eigenvalue weighted by molar-refractivity contribution is 9.09. The molecule has 108 valence electrons. The number of ether oxygens (including phenoxy) is 1. The smallest absolute Gasteiger partial charge is 0.422 e. The molecule has 0 atom stereocenters. The van der Waals surface area contributed by atoms with E-state index in [1.54, 1.807) is 30.3 Å². The molecule has 7 heteroatoms. The number of fused-ring (bicyclic) bond motifs is 3. The number of para-hydroxylation sites is 1. The summed E-state index contributed by atoms with van der Waals surface area (Å²) in [5.41, 5.74) is 5.14. The first-order chi connectivity index (χ1) is 9.87. The topological polar surface area (TPSA) is 65.5 Å². The van der Waals surface area contributed by atoms with Crippen LogP contribution < -0.4 is 16.1 Å². The maximum Gasteiger partial charge on any atom is 0.459 e. The van der Waals surface area contributed by atoms with Crippen LogP contribution in [0.25, 0.3) is 21.7 Å². The molecular weight excluding hydrogens is 348 g/mol. The van der Waals surface area contributed by atoms with E-state index in [0.717, 1.165) is 0 Å². The molecule has 0 aliphatic carbocycles. The van der Waals surface area contributed by atoms with Crippen LogP contribution in [0.2, 0.25) is 0 Å². The molecule has 2 N–H and O–H groups in total. The summed E-state index contributed by atoms with van der Waals surface area (Å²) in [4.78, 5) is 12.1. The molecule has 0 aliphatic rings. The van der Waals surface area contributed by atoms with E-state index in [1.165, 1.54) is 6.07 Å². The molecule has 0 fully saturated rings. The van der Waals surface area contributed by atoms with Crippen molar-refractivity contribution in [1.82, 2.24) is 0 Å². The predicted molar refractivity (Wildman–Crippen MR) is 78.9 cm³/mol. The average molecular weight is 356 g/mol. The Labute approximate surface area is 125 Å². The molecular formula is C14H8BrF2NO3. The minimum atomic E-state index is -3.65. The van der Waals surface area contributed by atoms with E-state index in [-0.39, 0.29) is 11.1 Å². The van der Waals surface area contributed by atoms with Gasteiger partial charge in [0.2, 0.25) is 0 Å². The summed E-state index contributed by atoms with van der Waals surface area (Å²) < 4.78 is 35.7. The van der Waals surface area contributed by atoms with Crippen LogP contribution in [0.5, 0.6) is 5.75 Å². The minimum absolute atomic E-state index is 0.0794. The molecule has 3 rings (SSSR count). The molecule has 0 unspecified atom stereocenters. The minimum Gasteiger partial charge on any atom is -0.422 e. The number of hydrogen-bond donors (Lipinski definition) is 1. The fourth-order valence-electron chi connectivity index (χ4n) is 2.18. The summed E-state index contributed by atoms with van der Waals surface area (Å²) in [6.45, 7) is 0. The Morgan fingerprint density at radius 1 is 1.14 bits per heavy atom. The van der Waals surface area contributed by atoms with Crippen molar-refractivity contribution in [2.45, 2.75) is 5.02 Å². The Morgan fingerprint density at radius 2 is 1.86 bits per heavy atom. The van der Waals surface area contributed by atoms with Gasteiger partial charge in [0, 0.05) is 26.7 Å². The largest absolute Gasteiger partial charge is 0.459 e. The summed E-state index contributed by atoms with van der Waals surface area (Å²) in [7, 11) is 0. The van der Waals surface area contributed by atoms with Crippen LogP contribution in [0, 0.1) is 0 Å². The summed E-state index contributed by atoms with van der Waals surface area (Å²) >= 11 is 2.07. The third-order valence-corrected chi connectivity index (χ3v) is 3.15. The van der Waals surface area contributed by atoms with Gasteiger partial charge in [-0.05, 0) is 12.1 Å². The zero-order valence-electron chi connectivity index (χ0n) is 10.4. The van der Waals surface area contributed by atoms with Crippen molar-refractivity contribution in [3.63, 3.8) is 0 Å². The number of rotatable bonds is 2. The molecule has 0 bridgehead atoms. The van der Waals surface area contributed by atoms with Crippen LogP contribution in [0.4, 0.5) is 14.5 Å². The van der Waals surface area contributed by atoms with Gasteiger partial charge in [0.05, 0.1) is 5.69 Å². The highest BCUT2D eigenvalue weighted by Gasteiger charge is 2.29. The van der Waals surface area contributed by atoms with Crippen LogP contribution in [0.3, 0.4) is 0 Å². The molecule has 0 amide bonds. The first-order valence-electron chi connectivity index (χ1n) is 5.86. The van der Waals surface area contributed by atoms with Gasteiger partial charge in [-0.25, -0.2) is 4.79 Å². The summed E-state index contributed by atoms with van der Waals surface area (Å²) in [6.07, 6.45) is 0. The number of nitrogen functional groups attached to an aromatic ring is 1. The third-order valence-electron chi connectivity index (χ3n) is 2.99. The molecule has 0 aliphatic heterocycles. The van der Waals surface area contributed by atoms with Gasteiger partial charge in [0.1, 0.15) is 11.0 Å². The first-order valence-corrected chi connectivity index (χ1v) is 6.66. The van der Waals surface area contributed by atoms with Gasteiger partial charge in [-0.1, -0.05) is 24.3 Å². The molecule has 4 nitrogen and oxygen atoms in total. The fraction of sp³-hybridized carbons (Fsp3) is 0.0714. The standard InChI is InChI=1S/C14H8BrF2NO3/c15-14(16,17)21-12-9(18)6-5-8-7-3-1-2-4-10(7)20-13(19)11(8)12/h1-6H,18H2. The maximum atomic E-state index is 13.1. The SMILES string of the molecule is Nc1ccc2c(c1OC(F)(F)Br)c(=O)oc1ccccc12. The number of halogens is 3. The quantitative estimate of drug-likeness (QED) is 0.328. The number of anilines is 1. The summed E-state index contributed by atoms with van der Waals surface area (Å²) in [6, 6.07) is 9.76. The van der Waals surface area contributed by atoms with E-state index < -0.39 is 16.4 Å². The average Bonchev–Trinajstić information content (AvgIpc) is 2.40. The van der Waals surface area contributed by atoms with Crippen LogP contribution >= 0.6 is 15.9 Å². The first kappa shape index (κ1) is 13.8. The van der Waals surface area contributed by atoms with E-state index in [1.807, 2.05) is 0 Å². The molecule has 3 aromatic rings. The van der Waals surface area contributed by atoms with Gasteiger partial charge in [-0.2, -0.15) is 8.78 Å². The van der Waals surface area contributed by atoms with Gasteiger partial charge in [-0.3, -0.25) is 0 Å². The van der Waals surface area contributed by atoms with E-state index >= 15 is 0 Å². The van der Waals surface area contributed by atoms with Crippen LogP contribution in [-0.2, 0) is 0 Å². The molecule has 0 radical (unpaired) electrons. The Balaban J connectivity index is 2.46. The maximum absolute atomic E-state index is 13.1. The lowest BCUT2D eigenvalue weighted by Gasteiger charge is -2.15. The second kappa shape index (κ2) is 4.70. The highest BCUT2D eigenvalue weighted by Crippen LogP contribution is 2.37. The fourth-order valence-corrected chi connectivity index (χ4v) is 2.34. The third kappa shape index (κ3) is 2.44. The van der Waals surface area contributed by atoms with Crippen LogP contribution in [-0.4, -0.2) is 5.02 Å². The zero-order chi connectivity index (χ0) is 15.2. The van der Waals surface area contributed by atoms with Crippen molar-refractivity contribution in [2.75, 3.05) is 5.73 Å². The molecule has 21 heavy (non-hydrogen) atoms. The van der Waals surface area contributed by atoms with Crippen LogP contribution in [0.1, 0.15) is 0 Å². The normalized spacial score (nSPS) is 12.0. The number of alkyl halides is 3. The van der Waals surface area contributed by atoms with Crippen molar-refractivity contribution in [3.8, 4) is 5.75 Å². The Morgan fingerprint density at radius 3 is 2.57 bits per heavy atom. The van der Waals surface area contributed by atoms with Gasteiger partial charge in [0.15, 0.2) is 5.75 Å². The Hall–Kier alpha value is -2.15. The molecule has 0 saturated carbocycles. The van der Waals surface area contributed by atoms with Gasteiger partial charge in [-0.15, -0.1) is 0 Å². The van der Waals surface area contributed by atoms with Gasteiger partial charge >= 0.3 is 10.6 Å². The molecule has 2 aromatic carbocycles. The molecule has 1 heterocycles. The van der Waals surface area contributed by atoms with Crippen molar-refractivity contribution < 1.29 is 17.9 Å². The molecule has 0 saturated heterocycles. The summed E-state index contributed by atoms with van der Waals surface area (Å²) in [5.74, 6) is -0.408. The summed E-state index contributed by atoms with van der Waals surface area (Å²) in [5, 5.41) is -2.72. The van der Waals surface area contributed by atoms with Crippen molar-refractivity contribution in [3.05, 3.63) is 46.8 Å². The van der Waals surface area contributed by atoms with Crippen molar-refractivity contribution in [2.24, 2.45) is 0 Å². The number of benzene rings is 2. The number of hydrogen-bond acceptors (Lipinski definition) is 4. The zero-order valence-corrected chi connectivity index (χ0v) is 12.0. The van der Waals surface area contributed by atoms with E-state index in [0.29, 0.717) is 16.4 Å². The van der Waals surface area contributed by atoms with Crippen molar-refractivity contribution in [1.29, 1.82) is 0 Å². The Kier molecular flexibility index (Phi) is 3.09. The molecule has 1 aromatic heterocycles. The lowest BCUT2D eigenvalue weighted by atomic mass is 10.1. The van der Waals surface area contributed by atoms with Crippen LogP contribution in [0.15, 0.2) is 45.6 Å². The monoisotopic (exact) mass is 355 g/mol. The molecule has 0 spiro atoms. The highest BCUT2D eigenvalue weighted by atomic mass is 79.9. The second-order valence-electron chi connectivity index (χ2n) is 4.34. The van der Waals surface area contributed by atoms with Crippen molar-refractivity contribution >= 4 is 43.4 Å². The predicted octanol–water partition coefficient (Wildman–Crippen LogP) is 3.85. The lowest BCUT2D eigenvalue weighted by molar-refractivity contribution is -0.0789. The van der Waals surface area contributed by atoms with E-state index in [2.05, 4.69) is 20.7 Å². The number of nitrogens with two attached hydrogens (primary N) is 1. The second-order valence-corrected chi connectivity index (χ2v) is 5.26. The van der Waals surface area contributed by atoms with E-state index in [9.17, 15) is 13.6 Å². The van der Waals surface area contributed by atoms with Gasteiger partial charge < -0.3 is 14.9 Å².